The Bertz CT molecular complexity index is 926. The third-order valence-electron chi connectivity index (χ3n) is 4.93. The molecule has 0 spiro atoms. The third-order valence-corrected chi connectivity index (χ3v) is 5.29. The molecule has 0 fully saturated rings. The van der Waals surface area contributed by atoms with E-state index in [0.717, 1.165) is 30.3 Å². The fourth-order valence-electron chi connectivity index (χ4n) is 3.39. The Morgan fingerprint density at radius 1 is 1.12 bits per heavy atom. The molecule has 0 aliphatic carbocycles. The van der Waals surface area contributed by atoms with Crippen molar-refractivity contribution in [2.75, 3.05) is 11.9 Å². The molecule has 0 radical (unpaired) electrons. The van der Waals surface area contributed by atoms with E-state index in [2.05, 4.69) is 71.5 Å². The zero-order valence-electron chi connectivity index (χ0n) is 14.0. The van der Waals surface area contributed by atoms with Gasteiger partial charge in [0.05, 0.1) is 6.54 Å². The zero-order chi connectivity index (χ0) is 16.7. The normalized spacial score (nSPS) is 13.8. The van der Waals surface area contributed by atoms with E-state index >= 15 is 0 Å². The van der Waals surface area contributed by atoms with E-state index in [-0.39, 0.29) is 0 Å². The molecular weight excluding hydrogens is 314 g/mol. The number of nitrogens with one attached hydrogen (secondary N) is 2. The molecule has 0 amide bonds. The topological polar surface area (TPSA) is 31.1 Å². The number of fused-ring (bicyclic) bond motifs is 3. The van der Waals surface area contributed by atoms with Crippen LogP contribution in [0.3, 0.4) is 0 Å². The molecule has 2 heterocycles. The molecule has 1 aliphatic rings. The number of benzene rings is 2. The molecule has 0 bridgehead atoms. The molecule has 4 rings (SSSR count). The number of aryl methyl sites for hydroxylation is 2. The molecule has 1 aliphatic heterocycles. The molecule has 24 heavy (non-hydrogen) atoms. The Balaban J connectivity index is 1.53. The maximum atomic E-state index is 5.64. The van der Waals surface area contributed by atoms with Gasteiger partial charge in [-0.1, -0.05) is 24.3 Å². The molecule has 3 aromatic rings. The van der Waals surface area contributed by atoms with Gasteiger partial charge in [-0.25, -0.2) is 0 Å². The van der Waals surface area contributed by atoms with Crippen LogP contribution in [-0.2, 0) is 13.0 Å². The number of anilines is 1. The van der Waals surface area contributed by atoms with Crippen molar-refractivity contribution in [3.63, 3.8) is 0 Å². The van der Waals surface area contributed by atoms with Crippen LogP contribution in [0.15, 0.2) is 42.5 Å². The lowest BCUT2D eigenvalue weighted by molar-refractivity contribution is 0.396. The second-order valence-electron chi connectivity index (χ2n) is 6.53. The first kappa shape index (κ1) is 15.2. The van der Waals surface area contributed by atoms with E-state index in [4.69, 9.17) is 12.2 Å². The summed E-state index contributed by atoms with van der Waals surface area (Å²) in [5, 5.41) is 5.53. The smallest absolute Gasteiger partial charge is 0.173 e. The third kappa shape index (κ3) is 2.67. The minimum absolute atomic E-state index is 0.794. The van der Waals surface area contributed by atoms with Crippen molar-refractivity contribution in [3.8, 4) is 0 Å². The van der Waals surface area contributed by atoms with Crippen LogP contribution in [0.1, 0.15) is 22.4 Å². The van der Waals surface area contributed by atoms with Crippen molar-refractivity contribution >= 4 is 33.9 Å². The van der Waals surface area contributed by atoms with E-state index in [1.807, 2.05) is 0 Å². The highest BCUT2D eigenvalue weighted by atomic mass is 32.1. The lowest BCUT2D eigenvalue weighted by Crippen LogP contribution is -2.38. The molecule has 0 saturated carbocycles. The number of H-pyrrole nitrogens is 1. The number of para-hydroxylation sites is 1. The van der Waals surface area contributed by atoms with E-state index in [9.17, 15) is 0 Å². The van der Waals surface area contributed by atoms with E-state index < -0.39 is 0 Å². The minimum Gasteiger partial charge on any atom is -0.357 e. The first-order valence-corrected chi connectivity index (χ1v) is 8.74. The molecular formula is C20H21N3S. The van der Waals surface area contributed by atoms with Crippen LogP contribution in [-0.4, -0.2) is 21.5 Å². The SMILES string of the molecule is Cc1ccc(NC(=S)N2CCc3c([nH]c4ccccc34)C2)cc1C. The van der Waals surface area contributed by atoms with Crippen LogP contribution in [0.5, 0.6) is 0 Å². The van der Waals surface area contributed by atoms with Crippen LogP contribution >= 0.6 is 12.2 Å². The first-order chi connectivity index (χ1) is 11.6. The molecule has 3 nitrogen and oxygen atoms in total. The average molecular weight is 335 g/mol. The lowest BCUT2D eigenvalue weighted by Gasteiger charge is -2.29. The summed E-state index contributed by atoms with van der Waals surface area (Å²) in [6.45, 7) is 6.03. The number of rotatable bonds is 1. The number of aromatic amines is 1. The predicted molar refractivity (Wildman–Crippen MR) is 105 cm³/mol. The van der Waals surface area contributed by atoms with Crippen molar-refractivity contribution in [3.05, 3.63) is 64.8 Å². The molecule has 4 heteroatoms. The maximum absolute atomic E-state index is 5.64. The Hall–Kier alpha value is -2.33. The summed E-state index contributed by atoms with van der Waals surface area (Å²) in [4.78, 5) is 5.79. The maximum Gasteiger partial charge on any atom is 0.173 e. The van der Waals surface area contributed by atoms with Gasteiger partial charge >= 0.3 is 0 Å². The Morgan fingerprint density at radius 2 is 1.96 bits per heavy atom. The van der Waals surface area contributed by atoms with Gasteiger partial charge in [0.15, 0.2) is 5.11 Å². The van der Waals surface area contributed by atoms with Gasteiger partial charge < -0.3 is 15.2 Å². The van der Waals surface area contributed by atoms with E-state index in [0.29, 0.717) is 0 Å². The van der Waals surface area contributed by atoms with Crippen LogP contribution in [0.2, 0.25) is 0 Å². The Labute approximate surface area is 147 Å². The van der Waals surface area contributed by atoms with Crippen molar-refractivity contribution in [1.29, 1.82) is 0 Å². The second kappa shape index (κ2) is 5.95. The van der Waals surface area contributed by atoms with E-state index in [1.165, 1.54) is 33.3 Å². The van der Waals surface area contributed by atoms with Crippen LogP contribution in [0.25, 0.3) is 10.9 Å². The molecule has 122 valence electrons. The summed E-state index contributed by atoms with van der Waals surface area (Å²) in [7, 11) is 0. The molecule has 0 unspecified atom stereocenters. The van der Waals surface area contributed by atoms with Gasteiger partial charge in [0.25, 0.3) is 0 Å². The molecule has 2 aromatic carbocycles. The Morgan fingerprint density at radius 3 is 2.79 bits per heavy atom. The molecule has 2 N–H and O–H groups in total. The average Bonchev–Trinajstić information content (AvgIpc) is 2.96. The summed E-state index contributed by atoms with van der Waals surface area (Å²) in [6.07, 6.45) is 1.02. The highest BCUT2D eigenvalue weighted by molar-refractivity contribution is 7.80. The van der Waals surface area contributed by atoms with Crippen LogP contribution in [0, 0.1) is 13.8 Å². The van der Waals surface area contributed by atoms with Crippen LogP contribution < -0.4 is 5.32 Å². The van der Waals surface area contributed by atoms with Crippen molar-refractivity contribution in [2.24, 2.45) is 0 Å². The predicted octanol–water partition coefficient (Wildman–Crippen LogP) is 4.54. The standard InChI is InChI=1S/C20H21N3S/c1-13-7-8-15(11-14(13)2)21-20(24)23-10-9-17-16-5-3-4-6-18(16)22-19(17)12-23/h3-8,11,22H,9-10,12H2,1-2H3,(H,21,24). The fraction of sp³-hybridized carbons (Fsp3) is 0.250. The number of hydrogen-bond acceptors (Lipinski definition) is 1. The lowest BCUT2D eigenvalue weighted by atomic mass is 10.0. The largest absolute Gasteiger partial charge is 0.357 e. The monoisotopic (exact) mass is 335 g/mol. The van der Waals surface area contributed by atoms with Gasteiger partial charge in [0.2, 0.25) is 0 Å². The van der Waals surface area contributed by atoms with Crippen molar-refractivity contribution in [1.82, 2.24) is 9.88 Å². The molecule has 0 atom stereocenters. The molecule has 0 saturated heterocycles. The summed E-state index contributed by atoms with van der Waals surface area (Å²) >= 11 is 5.64. The zero-order valence-corrected chi connectivity index (χ0v) is 14.8. The minimum atomic E-state index is 0.794. The van der Waals surface area contributed by atoms with Crippen LogP contribution in [0.4, 0.5) is 5.69 Å². The highest BCUT2D eigenvalue weighted by Gasteiger charge is 2.22. The molecule has 1 aromatic heterocycles. The number of nitrogens with zero attached hydrogens (tertiary/aromatic N) is 1. The summed E-state index contributed by atoms with van der Waals surface area (Å²) < 4.78 is 0. The summed E-state index contributed by atoms with van der Waals surface area (Å²) in [5.74, 6) is 0. The number of aromatic nitrogens is 1. The summed E-state index contributed by atoms with van der Waals surface area (Å²) in [5.41, 5.74) is 7.58. The van der Waals surface area contributed by atoms with Crippen molar-refractivity contribution in [2.45, 2.75) is 26.8 Å². The fourth-order valence-corrected chi connectivity index (χ4v) is 3.66. The number of hydrogen-bond donors (Lipinski definition) is 2. The van der Waals surface area contributed by atoms with E-state index in [1.54, 1.807) is 0 Å². The highest BCUT2D eigenvalue weighted by Crippen LogP contribution is 2.27. The van der Waals surface area contributed by atoms with Gasteiger partial charge in [-0.2, -0.15) is 0 Å². The summed E-state index contributed by atoms with van der Waals surface area (Å²) in [6, 6.07) is 14.9. The van der Waals surface area contributed by atoms with Gasteiger partial charge in [0, 0.05) is 28.8 Å². The van der Waals surface area contributed by atoms with Gasteiger partial charge in [-0.05, 0) is 67.4 Å². The van der Waals surface area contributed by atoms with Crippen molar-refractivity contribution < 1.29 is 0 Å². The first-order valence-electron chi connectivity index (χ1n) is 8.33. The quantitative estimate of drug-likeness (QED) is 0.640. The van der Waals surface area contributed by atoms with Gasteiger partial charge in [-0.3, -0.25) is 0 Å². The Kier molecular flexibility index (Phi) is 3.77. The number of thiocarbonyl (C=S) groups is 1. The second-order valence-corrected chi connectivity index (χ2v) is 6.92. The van der Waals surface area contributed by atoms with Gasteiger partial charge in [-0.15, -0.1) is 0 Å². The van der Waals surface area contributed by atoms with Gasteiger partial charge in [0.1, 0.15) is 0 Å².